The van der Waals surface area contributed by atoms with Crippen molar-refractivity contribution < 1.29 is 8.76 Å². The quantitative estimate of drug-likeness (QED) is 0.209. The summed E-state index contributed by atoms with van der Waals surface area (Å²) >= 11 is -1.98. The van der Waals surface area contributed by atoms with Crippen LogP contribution < -0.4 is 10.3 Å². The Bertz CT molecular complexity index is 95.3. The summed E-state index contributed by atoms with van der Waals surface area (Å²) in [5.41, 5.74) is 2.42. The fraction of sp³-hybridized carbons (Fsp3) is 0.333. The SMILES string of the molecule is C=CCNNS(=O)O. The lowest BCUT2D eigenvalue weighted by atomic mass is 10.7. The number of nitrogens with one attached hydrogen (secondary N) is 2. The molecule has 0 aromatic heterocycles. The van der Waals surface area contributed by atoms with Crippen molar-refractivity contribution in [3.05, 3.63) is 12.7 Å². The fourth-order valence-corrected chi connectivity index (χ4v) is 0.382. The van der Waals surface area contributed by atoms with Crippen molar-refractivity contribution in [1.29, 1.82) is 0 Å². The van der Waals surface area contributed by atoms with Gasteiger partial charge in [-0.15, -0.1) is 6.58 Å². The smallest absolute Gasteiger partial charge is 0.245 e. The maximum absolute atomic E-state index is 9.78. The van der Waals surface area contributed by atoms with Gasteiger partial charge in [0.2, 0.25) is 11.3 Å². The van der Waals surface area contributed by atoms with Crippen LogP contribution in [0.3, 0.4) is 0 Å². The van der Waals surface area contributed by atoms with Crippen LogP contribution in [0.2, 0.25) is 0 Å². The number of hydrogen-bond acceptors (Lipinski definition) is 2. The molecule has 0 heterocycles. The molecule has 0 radical (unpaired) electrons. The molecule has 0 saturated carbocycles. The molecule has 8 heavy (non-hydrogen) atoms. The molecule has 4 nitrogen and oxygen atoms in total. The molecule has 1 atom stereocenters. The van der Waals surface area contributed by atoms with Gasteiger partial charge in [0.05, 0.1) is 0 Å². The van der Waals surface area contributed by atoms with Crippen LogP contribution in [0, 0.1) is 0 Å². The highest BCUT2D eigenvalue weighted by atomic mass is 32.2. The lowest BCUT2D eigenvalue weighted by molar-refractivity contribution is 0.534. The summed E-state index contributed by atoms with van der Waals surface area (Å²) in [4.78, 5) is 2.05. The number of hydrazine groups is 1. The molecule has 0 aromatic rings. The van der Waals surface area contributed by atoms with Gasteiger partial charge in [-0.3, -0.25) is 4.55 Å². The Morgan fingerprint density at radius 1 is 1.88 bits per heavy atom. The molecule has 3 N–H and O–H groups in total. The Kier molecular flexibility index (Phi) is 4.78. The van der Waals surface area contributed by atoms with Crippen molar-refractivity contribution in [2.24, 2.45) is 0 Å². The Balaban J connectivity index is 2.93. The molecule has 0 bridgehead atoms. The molecule has 0 amide bonds. The highest BCUT2D eigenvalue weighted by molar-refractivity contribution is 7.77. The van der Waals surface area contributed by atoms with Crippen molar-refractivity contribution in [2.45, 2.75) is 0 Å². The van der Waals surface area contributed by atoms with Crippen molar-refractivity contribution in [3.8, 4) is 0 Å². The average molecular weight is 136 g/mol. The Labute approximate surface area is 50.4 Å². The molecule has 0 aliphatic rings. The summed E-state index contributed by atoms with van der Waals surface area (Å²) in [5.74, 6) is 0. The minimum atomic E-state index is -1.98. The van der Waals surface area contributed by atoms with E-state index in [1.807, 2.05) is 0 Å². The van der Waals surface area contributed by atoms with Crippen molar-refractivity contribution in [2.75, 3.05) is 6.54 Å². The van der Waals surface area contributed by atoms with Gasteiger partial charge >= 0.3 is 0 Å². The molecular formula is C3H8N2O2S. The van der Waals surface area contributed by atoms with Crippen LogP contribution in [0.25, 0.3) is 0 Å². The first-order chi connectivity index (χ1) is 3.77. The second kappa shape index (κ2) is 4.92. The molecule has 0 spiro atoms. The zero-order chi connectivity index (χ0) is 6.41. The first-order valence-corrected chi connectivity index (χ1v) is 3.08. The maximum atomic E-state index is 9.78. The van der Waals surface area contributed by atoms with Gasteiger partial charge in [-0.25, -0.2) is 9.63 Å². The minimum Gasteiger partial charge on any atom is -0.293 e. The van der Waals surface area contributed by atoms with E-state index in [9.17, 15) is 4.21 Å². The van der Waals surface area contributed by atoms with E-state index in [-0.39, 0.29) is 0 Å². The largest absolute Gasteiger partial charge is 0.293 e. The third kappa shape index (κ3) is 5.77. The van der Waals surface area contributed by atoms with Crippen LogP contribution in [-0.2, 0) is 11.3 Å². The summed E-state index contributed by atoms with van der Waals surface area (Å²) in [6, 6.07) is 0. The van der Waals surface area contributed by atoms with Gasteiger partial charge in [-0.2, -0.15) is 4.83 Å². The summed E-state index contributed by atoms with van der Waals surface area (Å²) in [6.07, 6.45) is 1.57. The topological polar surface area (TPSA) is 61.4 Å². The van der Waals surface area contributed by atoms with Gasteiger partial charge < -0.3 is 0 Å². The Hall–Kier alpha value is -0.230. The monoisotopic (exact) mass is 136 g/mol. The van der Waals surface area contributed by atoms with Crippen LogP contribution in [-0.4, -0.2) is 15.3 Å². The molecule has 0 saturated heterocycles. The maximum Gasteiger partial charge on any atom is 0.245 e. The fourth-order valence-electron chi connectivity index (χ4n) is 0.176. The predicted molar refractivity (Wildman–Crippen MR) is 32.1 cm³/mol. The van der Waals surface area contributed by atoms with E-state index in [1.54, 1.807) is 6.08 Å². The molecule has 5 heteroatoms. The molecule has 0 aromatic carbocycles. The van der Waals surface area contributed by atoms with Crippen LogP contribution in [0.5, 0.6) is 0 Å². The van der Waals surface area contributed by atoms with E-state index in [4.69, 9.17) is 4.55 Å². The van der Waals surface area contributed by atoms with Crippen molar-refractivity contribution in [3.63, 3.8) is 0 Å². The molecule has 1 unspecified atom stereocenters. The van der Waals surface area contributed by atoms with Crippen LogP contribution in [0.1, 0.15) is 0 Å². The molecule has 0 fully saturated rings. The zero-order valence-corrected chi connectivity index (χ0v) is 5.07. The van der Waals surface area contributed by atoms with E-state index in [0.717, 1.165) is 0 Å². The van der Waals surface area contributed by atoms with E-state index in [2.05, 4.69) is 16.8 Å². The van der Waals surface area contributed by atoms with Gasteiger partial charge in [0, 0.05) is 6.54 Å². The molecule has 0 aliphatic heterocycles. The second-order valence-corrected chi connectivity index (χ2v) is 1.72. The summed E-state index contributed by atoms with van der Waals surface area (Å²) in [6.45, 7) is 3.84. The van der Waals surface area contributed by atoms with Crippen molar-refractivity contribution >= 4 is 11.3 Å². The Morgan fingerprint density at radius 2 is 2.50 bits per heavy atom. The standard InChI is InChI=1S/C3H8N2O2S/c1-2-3-4-5-8(6)7/h2,4-5H,1,3H2,(H,6,7). The van der Waals surface area contributed by atoms with Crippen LogP contribution in [0.15, 0.2) is 12.7 Å². The minimum absolute atomic E-state index is 0.465. The van der Waals surface area contributed by atoms with E-state index in [0.29, 0.717) is 6.54 Å². The van der Waals surface area contributed by atoms with Gasteiger partial charge in [0.15, 0.2) is 0 Å². The van der Waals surface area contributed by atoms with Crippen molar-refractivity contribution in [1.82, 2.24) is 10.3 Å². The van der Waals surface area contributed by atoms with Gasteiger partial charge in [0.25, 0.3) is 0 Å². The lowest BCUT2D eigenvalue weighted by Gasteiger charge is -1.95. The highest BCUT2D eigenvalue weighted by Gasteiger charge is 1.83. The Morgan fingerprint density at radius 3 is 2.88 bits per heavy atom. The first-order valence-electron chi connectivity index (χ1n) is 1.97. The van der Waals surface area contributed by atoms with Gasteiger partial charge in [-0.05, 0) is 0 Å². The summed E-state index contributed by atoms with van der Waals surface area (Å²) < 4.78 is 17.8. The van der Waals surface area contributed by atoms with E-state index < -0.39 is 11.3 Å². The zero-order valence-electron chi connectivity index (χ0n) is 4.26. The third-order valence-electron chi connectivity index (χ3n) is 0.406. The molecule has 0 rings (SSSR count). The van der Waals surface area contributed by atoms with Gasteiger partial charge in [0.1, 0.15) is 0 Å². The second-order valence-electron chi connectivity index (χ2n) is 1.02. The average Bonchev–Trinajstić information content (AvgIpc) is 1.66. The van der Waals surface area contributed by atoms with E-state index in [1.165, 1.54) is 0 Å². The van der Waals surface area contributed by atoms with Crippen LogP contribution >= 0.6 is 0 Å². The number of hydrogen-bond donors (Lipinski definition) is 3. The third-order valence-corrected chi connectivity index (χ3v) is 0.725. The normalized spacial score (nSPS) is 13.1. The molecular weight excluding hydrogens is 128 g/mol. The highest BCUT2D eigenvalue weighted by Crippen LogP contribution is 1.57. The first kappa shape index (κ1) is 7.77. The molecule has 48 valence electrons. The van der Waals surface area contributed by atoms with Crippen LogP contribution in [0.4, 0.5) is 0 Å². The van der Waals surface area contributed by atoms with E-state index >= 15 is 0 Å². The van der Waals surface area contributed by atoms with Gasteiger partial charge in [-0.1, -0.05) is 6.08 Å². The summed E-state index contributed by atoms with van der Waals surface area (Å²) in [7, 11) is 0. The summed E-state index contributed by atoms with van der Waals surface area (Å²) in [5, 5.41) is 0. The lowest BCUT2D eigenvalue weighted by Crippen LogP contribution is -2.32. The predicted octanol–water partition coefficient (Wildman–Crippen LogP) is -0.597. The number of rotatable bonds is 4. The molecule has 0 aliphatic carbocycles.